The first-order valence-electron chi connectivity index (χ1n) is 13.6. The Kier molecular flexibility index (Phi) is 6.09. The lowest BCUT2D eigenvalue weighted by atomic mass is 9.41. The van der Waals surface area contributed by atoms with Gasteiger partial charge in [0, 0.05) is 6.42 Å². The lowest BCUT2D eigenvalue weighted by Crippen LogP contribution is -2.62. The number of hydrogen-bond donors (Lipinski definition) is 3. The third kappa shape index (κ3) is 3.65. The van der Waals surface area contributed by atoms with Gasteiger partial charge in [0.2, 0.25) is 0 Å². The van der Waals surface area contributed by atoms with Gasteiger partial charge in [-0.3, -0.25) is 9.51 Å². The average Bonchev–Trinajstić information content (AvgIpc) is 3.36. The van der Waals surface area contributed by atoms with Crippen LogP contribution in [0.3, 0.4) is 0 Å². The van der Waals surface area contributed by atoms with Crippen LogP contribution in [0.4, 0.5) is 0 Å². The highest BCUT2D eigenvalue weighted by molar-refractivity contribution is 5.13. The minimum atomic E-state index is -0.470. The SMILES string of the molecule is CC[C@H]1C(O)C2C3CCC([C@H](C)CCc4noc(=O)[nH]4)[C@@]3(C)CCC2[C@@]2(C)CC[C@@H](O)C[C@@H]12. The quantitative estimate of drug-likeness (QED) is 0.598. The van der Waals surface area contributed by atoms with Gasteiger partial charge in [-0.05, 0) is 104 Å². The topological polar surface area (TPSA) is 99.4 Å². The summed E-state index contributed by atoms with van der Waals surface area (Å²) in [7, 11) is 0. The van der Waals surface area contributed by atoms with Crippen molar-refractivity contribution in [3.8, 4) is 0 Å². The fourth-order valence-corrected chi connectivity index (χ4v) is 9.87. The zero-order valence-electron chi connectivity index (χ0n) is 20.9. The predicted octanol–water partition coefficient (Wildman–Crippen LogP) is 4.56. The number of nitrogens with one attached hydrogen (secondary N) is 1. The maximum absolute atomic E-state index is 11.8. The minimum absolute atomic E-state index is 0.189. The van der Waals surface area contributed by atoms with E-state index >= 15 is 0 Å². The van der Waals surface area contributed by atoms with Gasteiger partial charge < -0.3 is 10.2 Å². The largest absolute Gasteiger partial charge is 0.438 e. The molecule has 4 fully saturated rings. The van der Waals surface area contributed by atoms with E-state index in [0.29, 0.717) is 47.2 Å². The summed E-state index contributed by atoms with van der Waals surface area (Å²) >= 11 is 0. The summed E-state index contributed by atoms with van der Waals surface area (Å²) in [5.74, 6) is 3.71. The Hall–Kier alpha value is -1.14. The van der Waals surface area contributed by atoms with Crippen LogP contribution in [0.5, 0.6) is 0 Å². The first-order chi connectivity index (χ1) is 15.7. The van der Waals surface area contributed by atoms with E-state index in [1.54, 1.807) is 0 Å². The van der Waals surface area contributed by atoms with Gasteiger partial charge in [-0.1, -0.05) is 39.3 Å². The number of hydrogen-bond acceptors (Lipinski definition) is 5. The number of H-pyrrole nitrogens is 1. The molecule has 6 nitrogen and oxygen atoms in total. The van der Waals surface area contributed by atoms with Gasteiger partial charge in [-0.2, -0.15) is 0 Å². The monoisotopic (exact) mass is 460 g/mol. The highest BCUT2D eigenvalue weighted by Gasteiger charge is 2.64. The maximum atomic E-state index is 11.8. The first kappa shape index (κ1) is 23.6. The van der Waals surface area contributed by atoms with Crippen LogP contribution in [0.15, 0.2) is 9.32 Å². The first-order valence-corrected chi connectivity index (χ1v) is 13.6. The summed E-state index contributed by atoms with van der Waals surface area (Å²) in [5.41, 5.74) is 0.530. The van der Waals surface area contributed by atoms with Crippen molar-refractivity contribution in [2.24, 2.45) is 52.3 Å². The van der Waals surface area contributed by atoms with E-state index in [0.717, 1.165) is 38.5 Å². The van der Waals surface area contributed by atoms with Crippen molar-refractivity contribution in [1.82, 2.24) is 10.1 Å². The number of aliphatic hydroxyl groups excluding tert-OH is 2. The Morgan fingerprint density at radius 1 is 1.09 bits per heavy atom. The lowest BCUT2D eigenvalue weighted by Gasteiger charge is -2.64. The van der Waals surface area contributed by atoms with Crippen LogP contribution in [0.1, 0.15) is 91.3 Å². The molecule has 186 valence electrons. The Morgan fingerprint density at radius 3 is 2.52 bits per heavy atom. The molecule has 5 unspecified atom stereocenters. The molecule has 11 atom stereocenters. The van der Waals surface area contributed by atoms with Crippen molar-refractivity contribution in [3.63, 3.8) is 0 Å². The minimum Gasteiger partial charge on any atom is -0.393 e. The Balaban J connectivity index is 1.37. The molecule has 0 amide bonds. The van der Waals surface area contributed by atoms with Crippen LogP contribution >= 0.6 is 0 Å². The molecule has 0 aromatic carbocycles. The second-order valence-corrected chi connectivity index (χ2v) is 12.7. The van der Waals surface area contributed by atoms with Gasteiger partial charge in [0.05, 0.1) is 12.2 Å². The number of aromatic nitrogens is 2. The molecule has 33 heavy (non-hydrogen) atoms. The van der Waals surface area contributed by atoms with Crippen molar-refractivity contribution >= 4 is 0 Å². The van der Waals surface area contributed by atoms with E-state index in [2.05, 4.69) is 42.4 Å². The number of nitrogens with zero attached hydrogens (tertiary/aromatic N) is 1. The van der Waals surface area contributed by atoms with Crippen LogP contribution in [-0.2, 0) is 6.42 Å². The fourth-order valence-electron chi connectivity index (χ4n) is 9.87. The second-order valence-electron chi connectivity index (χ2n) is 12.7. The van der Waals surface area contributed by atoms with E-state index in [9.17, 15) is 15.0 Å². The van der Waals surface area contributed by atoms with E-state index in [-0.39, 0.29) is 23.0 Å². The van der Waals surface area contributed by atoms with Crippen molar-refractivity contribution in [2.45, 2.75) is 104 Å². The van der Waals surface area contributed by atoms with E-state index in [4.69, 9.17) is 0 Å². The molecule has 0 spiro atoms. The van der Waals surface area contributed by atoms with Gasteiger partial charge in [-0.25, -0.2) is 4.79 Å². The normalized spacial score (nSPS) is 48.1. The molecule has 3 N–H and O–H groups in total. The molecule has 1 aromatic heterocycles. The molecule has 4 saturated carbocycles. The summed E-state index contributed by atoms with van der Waals surface area (Å²) in [6.45, 7) is 9.64. The third-order valence-electron chi connectivity index (χ3n) is 11.5. The number of fused-ring (bicyclic) bond motifs is 5. The predicted molar refractivity (Wildman–Crippen MR) is 126 cm³/mol. The smallest absolute Gasteiger partial charge is 0.393 e. The zero-order valence-corrected chi connectivity index (χ0v) is 20.9. The molecular formula is C27H44N2O4. The van der Waals surface area contributed by atoms with Crippen molar-refractivity contribution in [1.29, 1.82) is 0 Å². The van der Waals surface area contributed by atoms with Crippen molar-refractivity contribution in [3.05, 3.63) is 16.4 Å². The fraction of sp³-hybridized carbons (Fsp3) is 0.926. The highest BCUT2D eigenvalue weighted by atomic mass is 16.5. The summed E-state index contributed by atoms with van der Waals surface area (Å²) in [6.07, 6.45) is 10.2. The van der Waals surface area contributed by atoms with Crippen molar-refractivity contribution in [2.75, 3.05) is 0 Å². The third-order valence-corrected chi connectivity index (χ3v) is 11.5. The number of aryl methyl sites for hydroxylation is 1. The average molecular weight is 461 g/mol. The van der Waals surface area contributed by atoms with E-state index < -0.39 is 5.76 Å². The molecule has 5 rings (SSSR count). The lowest BCUT2D eigenvalue weighted by molar-refractivity contribution is -0.203. The van der Waals surface area contributed by atoms with Crippen LogP contribution in [0, 0.1) is 52.3 Å². The molecular weight excluding hydrogens is 416 g/mol. The van der Waals surface area contributed by atoms with E-state index in [1.807, 2.05) is 0 Å². The molecule has 0 saturated heterocycles. The van der Waals surface area contributed by atoms with Crippen LogP contribution < -0.4 is 5.76 Å². The Labute approximate surface area is 197 Å². The van der Waals surface area contributed by atoms with Crippen LogP contribution in [0.2, 0.25) is 0 Å². The van der Waals surface area contributed by atoms with Crippen molar-refractivity contribution < 1.29 is 14.7 Å². The highest BCUT2D eigenvalue weighted by Crippen LogP contribution is 2.69. The molecule has 0 aliphatic heterocycles. The molecule has 0 radical (unpaired) electrons. The van der Waals surface area contributed by atoms with Crippen LogP contribution in [-0.4, -0.2) is 32.6 Å². The number of rotatable bonds is 5. The molecule has 6 heteroatoms. The summed E-state index contributed by atoms with van der Waals surface area (Å²) in [4.78, 5) is 14.0. The molecule has 4 aliphatic carbocycles. The van der Waals surface area contributed by atoms with Gasteiger partial charge in [0.15, 0.2) is 5.82 Å². The Bertz CT molecular complexity index is 897. The Morgan fingerprint density at radius 2 is 1.82 bits per heavy atom. The number of aliphatic hydroxyl groups is 2. The molecule has 4 aliphatic rings. The van der Waals surface area contributed by atoms with Gasteiger partial charge >= 0.3 is 5.76 Å². The summed E-state index contributed by atoms with van der Waals surface area (Å²) in [6, 6.07) is 0. The maximum Gasteiger partial charge on any atom is 0.438 e. The molecule has 1 heterocycles. The molecule has 1 aromatic rings. The summed E-state index contributed by atoms with van der Waals surface area (Å²) < 4.78 is 4.67. The molecule has 0 bridgehead atoms. The van der Waals surface area contributed by atoms with E-state index in [1.165, 1.54) is 25.7 Å². The van der Waals surface area contributed by atoms with Gasteiger partial charge in [0.1, 0.15) is 0 Å². The second kappa shape index (κ2) is 8.51. The number of aromatic amines is 1. The zero-order chi connectivity index (χ0) is 23.5. The standard InChI is InChI=1S/C27H44N2O4/c1-5-17-21-14-16(30)10-12-27(21,4)20-11-13-26(3)18(7-8-19(26)23(20)24(17)31)15(2)6-9-22-28-25(32)33-29-22/h15-21,23-24,30-31H,5-14H2,1-4H3,(H,28,29,32)/t15-,16-,17-,18?,19?,20?,21+,23?,24?,26-,27-/m1/s1. The van der Waals surface area contributed by atoms with Gasteiger partial charge in [0.25, 0.3) is 0 Å². The van der Waals surface area contributed by atoms with Gasteiger partial charge in [-0.15, -0.1) is 0 Å². The summed E-state index contributed by atoms with van der Waals surface area (Å²) in [5, 5.41) is 26.1. The van der Waals surface area contributed by atoms with Crippen LogP contribution in [0.25, 0.3) is 0 Å².